The predicted octanol–water partition coefficient (Wildman–Crippen LogP) is 2.27. The number of aldehydes is 1. The molecule has 0 N–H and O–H groups in total. The van der Waals surface area contributed by atoms with E-state index in [9.17, 15) is 4.79 Å². The van der Waals surface area contributed by atoms with Crippen LogP contribution in [-0.2, 0) is 0 Å². The summed E-state index contributed by atoms with van der Waals surface area (Å²) >= 11 is 0. The van der Waals surface area contributed by atoms with E-state index in [-0.39, 0.29) is 0 Å². The maximum Gasteiger partial charge on any atom is 0.151 e. The molecule has 3 nitrogen and oxygen atoms in total. The van der Waals surface area contributed by atoms with E-state index in [1.165, 1.54) is 12.8 Å². The van der Waals surface area contributed by atoms with Gasteiger partial charge in [0.2, 0.25) is 0 Å². The van der Waals surface area contributed by atoms with Crippen molar-refractivity contribution in [2.45, 2.75) is 38.8 Å². The molecule has 0 radical (unpaired) electrons. The van der Waals surface area contributed by atoms with Gasteiger partial charge in [-0.3, -0.25) is 4.79 Å². The molecule has 1 aliphatic rings. The van der Waals surface area contributed by atoms with E-state index in [0.29, 0.717) is 17.6 Å². The Balaban J connectivity index is 2.24. The van der Waals surface area contributed by atoms with Crippen molar-refractivity contribution in [2.75, 3.05) is 4.90 Å². The van der Waals surface area contributed by atoms with Crippen LogP contribution in [0.15, 0.2) is 18.3 Å². The first kappa shape index (κ1) is 10.1. The van der Waals surface area contributed by atoms with Crippen LogP contribution in [0.3, 0.4) is 0 Å². The molecule has 0 spiro atoms. The Morgan fingerprint density at radius 3 is 2.47 bits per heavy atom. The summed E-state index contributed by atoms with van der Waals surface area (Å²) in [5.74, 6) is 0.984. The van der Waals surface area contributed by atoms with Crippen molar-refractivity contribution in [3.05, 3.63) is 23.9 Å². The molecule has 2 heterocycles. The molecule has 1 fully saturated rings. The second-order valence-corrected chi connectivity index (χ2v) is 4.25. The minimum absolute atomic E-state index is 0.551. The van der Waals surface area contributed by atoms with Gasteiger partial charge in [0.1, 0.15) is 5.82 Å². The number of aromatic nitrogens is 1. The molecule has 0 aliphatic carbocycles. The SMILES string of the molecule is C[C@@H]1CC[C@@H](C)N1c1ccc(C=O)cn1. The number of pyridine rings is 1. The van der Waals surface area contributed by atoms with Gasteiger partial charge in [-0.05, 0) is 38.8 Å². The van der Waals surface area contributed by atoms with Crippen LogP contribution in [0.25, 0.3) is 0 Å². The summed E-state index contributed by atoms with van der Waals surface area (Å²) in [4.78, 5) is 17.2. The maximum absolute atomic E-state index is 10.5. The normalized spacial score (nSPS) is 25.6. The highest BCUT2D eigenvalue weighted by Gasteiger charge is 2.27. The molecule has 1 saturated heterocycles. The smallest absolute Gasteiger partial charge is 0.151 e. The van der Waals surface area contributed by atoms with Crippen LogP contribution in [0.4, 0.5) is 5.82 Å². The molecule has 0 aromatic carbocycles. The van der Waals surface area contributed by atoms with Gasteiger partial charge >= 0.3 is 0 Å². The molecule has 3 heteroatoms. The first-order valence-corrected chi connectivity index (χ1v) is 5.42. The number of carbonyl (C=O) groups excluding carboxylic acids is 1. The van der Waals surface area contributed by atoms with E-state index >= 15 is 0 Å². The molecule has 0 amide bonds. The van der Waals surface area contributed by atoms with E-state index in [4.69, 9.17) is 0 Å². The third-order valence-corrected chi connectivity index (χ3v) is 3.12. The Bertz CT molecular complexity index is 337. The van der Waals surface area contributed by atoms with E-state index < -0.39 is 0 Å². The number of rotatable bonds is 2. The van der Waals surface area contributed by atoms with Gasteiger partial charge in [0.15, 0.2) is 6.29 Å². The summed E-state index contributed by atoms with van der Waals surface area (Å²) in [5.41, 5.74) is 0.637. The molecule has 80 valence electrons. The number of hydrogen-bond donors (Lipinski definition) is 0. The van der Waals surface area contributed by atoms with Gasteiger partial charge in [0.25, 0.3) is 0 Å². The van der Waals surface area contributed by atoms with Crippen molar-refractivity contribution in [2.24, 2.45) is 0 Å². The summed E-state index contributed by atoms with van der Waals surface area (Å²) in [5, 5.41) is 0. The number of anilines is 1. The Hall–Kier alpha value is -1.38. The zero-order chi connectivity index (χ0) is 10.8. The van der Waals surface area contributed by atoms with E-state index in [1.54, 1.807) is 6.20 Å². The molecular formula is C12H16N2O. The quantitative estimate of drug-likeness (QED) is 0.693. The van der Waals surface area contributed by atoms with Crippen LogP contribution < -0.4 is 4.90 Å². The van der Waals surface area contributed by atoms with Gasteiger partial charge in [0, 0.05) is 23.8 Å². The summed E-state index contributed by atoms with van der Waals surface area (Å²) in [6, 6.07) is 4.86. The van der Waals surface area contributed by atoms with Crippen LogP contribution in [0, 0.1) is 0 Å². The Kier molecular flexibility index (Phi) is 2.71. The lowest BCUT2D eigenvalue weighted by atomic mass is 10.2. The second-order valence-electron chi connectivity index (χ2n) is 4.25. The highest BCUT2D eigenvalue weighted by Crippen LogP contribution is 2.28. The van der Waals surface area contributed by atoms with Crippen molar-refractivity contribution in [3.63, 3.8) is 0 Å². The lowest BCUT2D eigenvalue weighted by molar-refractivity contribution is 0.112. The monoisotopic (exact) mass is 204 g/mol. The van der Waals surface area contributed by atoms with E-state index in [2.05, 4.69) is 23.7 Å². The Labute approximate surface area is 90.1 Å². The van der Waals surface area contributed by atoms with Gasteiger partial charge in [-0.1, -0.05) is 0 Å². The maximum atomic E-state index is 10.5. The summed E-state index contributed by atoms with van der Waals surface area (Å²) in [7, 11) is 0. The molecule has 15 heavy (non-hydrogen) atoms. The molecule has 0 bridgehead atoms. The third-order valence-electron chi connectivity index (χ3n) is 3.12. The van der Waals surface area contributed by atoms with Gasteiger partial charge in [0.05, 0.1) is 0 Å². The molecule has 2 atom stereocenters. The zero-order valence-electron chi connectivity index (χ0n) is 9.18. The second kappa shape index (κ2) is 4.01. The molecule has 1 aromatic rings. The molecule has 1 aliphatic heterocycles. The van der Waals surface area contributed by atoms with Crippen LogP contribution in [0.1, 0.15) is 37.0 Å². The van der Waals surface area contributed by atoms with Gasteiger partial charge in [-0.25, -0.2) is 4.98 Å². The summed E-state index contributed by atoms with van der Waals surface area (Å²) < 4.78 is 0. The first-order chi connectivity index (χ1) is 7.22. The minimum Gasteiger partial charge on any atom is -0.351 e. The Morgan fingerprint density at radius 2 is 2.00 bits per heavy atom. The molecule has 0 unspecified atom stereocenters. The average Bonchev–Trinajstić information content (AvgIpc) is 2.59. The fourth-order valence-electron chi connectivity index (χ4n) is 2.27. The largest absolute Gasteiger partial charge is 0.351 e. The van der Waals surface area contributed by atoms with E-state index in [0.717, 1.165) is 12.1 Å². The van der Waals surface area contributed by atoms with Crippen LogP contribution in [0.5, 0.6) is 0 Å². The van der Waals surface area contributed by atoms with Crippen molar-refractivity contribution in [3.8, 4) is 0 Å². The van der Waals surface area contributed by atoms with Gasteiger partial charge < -0.3 is 4.90 Å². The van der Waals surface area contributed by atoms with Crippen molar-refractivity contribution in [1.82, 2.24) is 4.98 Å². The van der Waals surface area contributed by atoms with Crippen LogP contribution >= 0.6 is 0 Å². The number of carbonyl (C=O) groups is 1. The fourth-order valence-corrected chi connectivity index (χ4v) is 2.27. The minimum atomic E-state index is 0.551. The lowest BCUT2D eigenvalue weighted by Crippen LogP contribution is -2.33. The summed E-state index contributed by atoms with van der Waals surface area (Å²) in [6.07, 6.45) is 4.91. The molecule has 1 aromatic heterocycles. The van der Waals surface area contributed by atoms with Crippen LogP contribution in [0.2, 0.25) is 0 Å². The lowest BCUT2D eigenvalue weighted by Gasteiger charge is -2.27. The highest BCUT2D eigenvalue weighted by molar-refractivity contribution is 5.74. The molecule has 0 saturated carbocycles. The zero-order valence-corrected chi connectivity index (χ0v) is 9.18. The molecule has 2 rings (SSSR count). The van der Waals surface area contributed by atoms with Crippen molar-refractivity contribution < 1.29 is 4.79 Å². The highest BCUT2D eigenvalue weighted by atomic mass is 16.1. The predicted molar refractivity (Wildman–Crippen MR) is 60.3 cm³/mol. The Morgan fingerprint density at radius 1 is 1.33 bits per heavy atom. The molecular weight excluding hydrogens is 188 g/mol. The van der Waals surface area contributed by atoms with Crippen LogP contribution in [-0.4, -0.2) is 23.4 Å². The van der Waals surface area contributed by atoms with Crippen molar-refractivity contribution in [1.29, 1.82) is 0 Å². The van der Waals surface area contributed by atoms with Gasteiger partial charge in [-0.15, -0.1) is 0 Å². The standard InChI is InChI=1S/C12H16N2O/c1-9-3-4-10(2)14(9)12-6-5-11(8-15)7-13-12/h5-10H,3-4H2,1-2H3/t9-,10-/m1/s1. The topological polar surface area (TPSA) is 33.2 Å². The average molecular weight is 204 g/mol. The number of hydrogen-bond acceptors (Lipinski definition) is 3. The summed E-state index contributed by atoms with van der Waals surface area (Å²) in [6.45, 7) is 4.44. The van der Waals surface area contributed by atoms with Gasteiger partial charge in [-0.2, -0.15) is 0 Å². The number of nitrogens with zero attached hydrogens (tertiary/aromatic N) is 2. The first-order valence-electron chi connectivity index (χ1n) is 5.42. The fraction of sp³-hybridized carbons (Fsp3) is 0.500. The van der Waals surface area contributed by atoms with Crippen molar-refractivity contribution >= 4 is 12.1 Å². The third kappa shape index (κ3) is 1.87. The van der Waals surface area contributed by atoms with E-state index in [1.807, 2.05) is 12.1 Å².